The molecular formula is C24H36ClNO2. The van der Waals surface area contributed by atoms with Gasteiger partial charge in [0, 0.05) is 6.54 Å². The van der Waals surface area contributed by atoms with Crippen molar-refractivity contribution in [1.29, 1.82) is 0 Å². The topological polar surface area (TPSA) is 30.5 Å². The molecule has 156 valence electrons. The molecule has 0 spiro atoms. The Morgan fingerprint density at radius 1 is 0.786 bits per heavy atom. The van der Waals surface area contributed by atoms with Crippen molar-refractivity contribution in [3.05, 3.63) is 59.2 Å². The van der Waals surface area contributed by atoms with Crippen LogP contribution in [0.5, 0.6) is 11.5 Å². The van der Waals surface area contributed by atoms with Crippen molar-refractivity contribution in [3.63, 3.8) is 0 Å². The van der Waals surface area contributed by atoms with E-state index in [2.05, 4.69) is 55.6 Å². The maximum atomic E-state index is 6.01. The molecule has 0 amide bonds. The van der Waals surface area contributed by atoms with Crippen molar-refractivity contribution < 1.29 is 9.47 Å². The highest BCUT2D eigenvalue weighted by molar-refractivity contribution is 5.85. The fourth-order valence-electron chi connectivity index (χ4n) is 2.98. The van der Waals surface area contributed by atoms with Gasteiger partial charge in [-0.3, -0.25) is 0 Å². The maximum Gasteiger partial charge on any atom is 0.161 e. The molecule has 0 saturated heterocycles. The molecule has 0 aliphatic carbocycles. The highest BCUT2D eigenvalue weighted by atomic mass is 35.5. The van der Waals surface area contributed by atoms with Crippen molar-refractivity contribution >= 4 is 12.4 Å². The summed E-state index contributed by atoms with van der Waals surface area (Å²) in [6.45, 7) is 9.47. The molecule has 0 unspecified atom stereocenters. The van der Waals surface area contributed by atoms with E-state index in [-0.39, 0.29) is 12.4 Å². The third kappa shape index (κ3) is 8.99. The predicted molar refractivity (Wildman–Crippen MR) is 121 cm³/mol. The van der Waals surface area contributed by atoms with Gasteiger partial charge >= 0.3 is 0 Å². The maximum absolute atomic E-state index is 6.01. The summed E-state index contributed by atoms with van der Waals surface area (Å²) in [5, 5.41) is 3.53. The van der Waals surface area contributed by atoms with Crippen LogP contribution in [0.2, 0.25) is 0 Å². The standard InChI is InChI=1S/C24H35NO2.ClH/c1-4-6-7-8-9-16-25-18-22-14-15-23(24(17-22)26-5-2)27-19-21-12-10-20(3)11-13-21;/h10-15,17,25H,4-9,16,18-19H2,1-3H3;1H. The van der Waals surface area contributed by atoms with E-state index < -0.39 is 0 Å². The van der Waals surface area contributed by atoms with Crippen LogP contribution in [0.3, 0.4) is 0 Å². The van der Waals surface area contributed by atoms with E-state index in [1.807, 2.05) is 13.0 Å². The lowest BCUT2D eigenvalue weighted by Crippen LogP contribution is -2.14. The van der Waals surface area contributed by atoms with Crippen LogP contribution in [0.25, 0.3) is 0 Å². The summed E-state index contributed by atoms with van der Waals surface area (Å²) in [6, 6.07) is 14.7. The van der Waals surface area contributed by atoms with Crippen LogP contribution in [-0.4, -0.2) is 13.2 Å². The minimum Gasteiger partial charge on any atom is -0.490 e. The Bertz CT molecular complexity index is 658. The lowest BCUT2D eigenvalue weighted by Gasteiger charge is -2.14. The summed E-state index contributed by atoms with van der Waals surface area (Å²) in [5.41, 5.74) is 3.66. The second kappa shape index (κ2) is 14.3. The number of hydrogen-bond acceptors (Lipinski definition) is 3. The number of hydrogen-bond donors (Lipinski definition) is 1. The zero-order valence-electron chi connectivity index (χ0n) is 17.6. The van der Waals surface area contributed by atoms with Crippen LogP contribution < -0.4 is 14.8 Å². The highest BCUT2D eigenvalue weighted by Gasteiger charge is 2.07. The van der Waals surface area contributed by atoms with Gasteiger partial charge in [0.2, 0.25) is 0 Å². The van der Waals surface area contributed by atoms with Gasteiger partial charge in [-0.05, 0) is 50.1 Å². The van der Waals surface area contributed by atoms with E-state index in [1.54, 1.807) is 0 Å². The number of ether oxygens (including phenoxy) is 2. The van der Waals surface area contributed by atoms with Crippen LogP contribution in [-0.2, 0) is 13.2 Å². The average Bonchev–Trinajstić information content (AvgIpc) is 2.68. The van der Waals surface area contributed by atoms with Gasteiger partial charge in [-0.15, -0.1) is 12.4 Å². The summed E-state index contributed by atoms with van der Waals surface area (Å²) < 4.78 is 11.8. The molecule has 2 aromatic carbocycles. The van der Waals surface area contributed by atoms with E-state index in [0.717, 1.165) is 30.2 Å². The number of unbranched alkanes of at least 4 members (excludes halogenated alkanes) is 4. The first-order chi connectivity index (χ1) is 13.2. The Balaban J connectivity index is 0.00000392. The van der Waals surface area contributed by atoms with Crippen molar-refractivity contribution in [3.8, 4) is 11.5 Å². The molecule has 0 saturated carbocycles. The Kier molecular flexibility index (Phi) is 12.4. The molecule has 0 radical (unpaired) electrons. The van der Waals surface area contributed by atoms with Gasteiger partial charge in [0.05, 0.1) is 6.61 Å². The van der Waals surface area contributed by atoms with E-state index in [1.165, 1.54) is 43.2 Å². The molecule has 0 aliphatic rings. The molecule has 2 aromatic rings. The van der Waals surface area contributed by atoms with Crippen molar-refractivity contribution in [2.24, 2.45) is 0 Å². The van der Waals surface area contributed by atoms with Crippen molar-refractivity contribution in [2.45, 2.75) is 66.0 Å². The van der Waals surface area contributed by atoms with E-state index in [4.69, 9.17) is 9.47 Å². The smallest absolute Gasteiger partial charge is 0.161 e. The molecule has 3 nitrogen and oxygen atoms in total. The summed E-state index contributed by atoms with van der Waals surface area (Å²) >= 11 is 0. The van der Waals surface area contributed by atoms with Crippen LogP contribution in [0.15, 0.2) is 42.5 Å². The Morgan fingerprint density at radius 2 is 1.50 bits per heavy atom. The van der Waals surface area contributed by atoms with Crippen molar-refractivity contribution in [2.75, 3.05) is 13.2 Å². The Hall–Kier alpha value is -1.71. The zero-order chi connectivity index (χ0) is 19.3. The highest BCUT2D eigenvalue weighted by Crippen LogP contribution is 2.29. The van der Waals surface area contributed by atoms with Gasteiger partial charge in [0.1, 0.15) is 6.61 Å². The fraction of sp³-hybridized carbons (Fsp3) is 0.500. The summed E-state index contributed by atoms with van der Waals surface area (Å²) in [7, 11) is 0. The first-order valence-corrected chi connectivity index (χ1v) is 10.4. The zero-order valence-corrected chi connectivity index (χ0v) is 18.4. The molecule has 0 fully saturated rings. The van der Waals surface area contributed by atoms with Crippen LogP contribution in [0.4, 0.5) is 0 Å². The lowest BCUT2D eigenvalue weighted by atomic mass is 10.1. The largest absolute Gasteiger partial charge is 0.490 e. The lowest BCUT2D eigenvalue weighted by molar-refractivity contribution is 0.269. The average molecular weight is 406 g/mol. The van der Waals surface area contributed by atoms with Crippen LogP contribution in [0, 0.1) is 6.92 Å². The monoisotopic (exact) mass is 405 g/mol. The first-order valence-electron chi connectivity index (χ1n) is 10.4. The Labute approximate surface area is 177 Å². The van der Waals surface area contributed by atoms with Gasteiger partial charge in [-0.1, -0.05) is 68.5 Å². The number of halogens is 1. The van der Waals surface area contributed by atoms with Gasteiger partial charge in [-0.2, -0.15) is 0 Å². The molecular weight excluding hydrogens is 370 g/mol. The Morgan fingerprint density at radius 3 is 2.21 bits per heavy atom. The van der Waals surface area contributed by atoms with Gasteiger partial charge < -0.3 is 14.8 Å². The number of rotatable bonds is 13. The second-order valence-corrected chi connectivity index (χ2v) is 7.08. The molecule has 28 heavy (non-hydrogen) atoms. The molecule has 0 heterocycles. The second-order valence-electron chi connectivity index (χ2n) is 7.08. The van der Waals surface area contributed by atoms with Gasteiger partial charge in [0.25, 0.3) is 0 Å². The molecule has 0 aromatic heterocycles. The quantitative estimate of drug-likeness (QED) is 0.388. The summed E-state index contributed by atoms with van der Waals surface area (Å²) in [6.07, 6.45) is 6.56. The molecule has 1 N–H and O–H groups in total. The molecule has 0 atom stereocenters. The van der Waals surface area contributed by atoms with E-state index >= 15 is 0 Å². The first kappa shape index (κ1) is 24.3. The van der Waals surface area contributed by atoms with Crippen LogP contribution in [0.1, 0.15) is 62.6 Å². The summed E-state index contributed by atoms with van der Waals surface area (Å²) in [5.74, 6) is 1.63. The molecule has 0 aliphatic heterocycles. The third-order valence-corrected chi connectivity index (χ3v) is 4.61. The molecule has 0 bridgehead atoms. The van der Waals surface area contributed by atoms with E-state index in [0.29, 0.717) is 13.2 Å². The van der Waals surface area contributed by atoms with Gasteiger partial charge in [0.15, 0.2) is 11.5 Å². The van der Waals surface area contributed by atoms with Crippen LogP contribution >= 0.6 is 12.4 Å². The summed E-state index contributed by atoms with van der Waals surface area (Å²) in [4.78, 5) is 0. The van der Waals surface area contributed by atoms with Gasteiger partial charge in [-0.25, -0.2) is 0 Å². The van der Waals surface area contributed by atoms with E-state index in [9.17, 15) is 0 Å². The fourth-order valence-corrected chi connectivity index (χ4v) is 2.98. The minimum absolute atomic E-state index is 0. The molecule has 4 heteroatoms. The number of benzene rings is 2. The predicted octanol–water partition coefficient (Wildman–Crippen LogP) is 6.45. The van der Waals surface area contributed by atoms with Crippen molar-refractivity contribution in [1.82, 2.24) is 5.32 Å². The molecule has 2 rings (SSSR count). The number of nitrogens with one attached hydrogen (secondary N) is 1. The minimum atomic E-state index is 0. The SMILES string of the molecule is CCCCCCCNCc1ccc(OCc2ccc(C)cc2)c(OCC)c1.Cl. The number of aryl methyl sites for hydroxylation is 1. The normalized spacial score (nSPS) is 10.4. The third-order valence-electron chi connectivity index (χ3n) is 4.61.